The van der Waals surface area contributed by atoms with Gasteiger partial charge in [-0.15, -0.1) is 6.42 Å². The molecule has 3 saturated heterocycles. The van der Waals surface area contributed by atoms with E-state index >= 15 is 8.78 Å². The minimum Gasteiger partial charge on any atom is -0.508 e. The number of piperidine rings is 1. The van der Waals surface area contributed by atoms with Crippen LogP contribution in [0.1, 0.15) is 57.4 Å². The maximum Gasteiger partial charge on any atom is 0.319 e. The van der Waals surface area contributed by atoms with Crippen molar-refractivity contribution in [3.8, 4) is 41.2 Å². The number of nitrogens with zero attached hydrogens (tertiary/aromatic N) is 5. The number of β-amino-alcohol motifs (C(OH)–C–C–N with tert-alkyl or cyclic N) is 1. The Hall–Kier alpha value is -4.39. The van der Waals surface area contributed by atoms with Crippen LogP contribution >= 0.6 is 0 Å². The zero-order valence-corrected chi connectivity index (χ0v) is 31.1. The number of fused-ring (bicyclic) bond motifs is 3. The fourth-order valence-corrected chi connectivity index (χ4v) is 9.87. The molecule has 9 rings (SSSR count). The smallest absolute Gasteiger partial charge is 0.319 e. The number of ether oxygens (including phenoxy) is 5. The highest BCUT2D eigenvalue weighted by atomic mass is 19.1. The third-order valence-corrected chi connectivity index (χ3v) is 12.3. The Labute approximate surface area is 317 Å². The SMILES string of the molecule is C#Cc1c(F)ccc2cc(O)cc(-c3nc(OC)c4c(N5CCOC[C@@](C)(O)C5)nc(OC[C@]56CCC[C@H]5N(C5CC7(C5)OCCO7)CCC6)nc4c3F)c12. The van der Waals surface area contributed by atoms with Crippen molar-refractivity contribution < 1.29 is 42.7 Å². The van der Waals surface area contributed by atoms with E-state index in [0.29, 0.717) is 43.8 Å². The number of benzene rings is 2. The Balaban J connectivity index is 1.14. The predicted octanol–water partition coefficient (Wildman–Crippen LogP) is 5.33. The lowest BCUT2D eigenvalue weighted by molar-refractivity contribution is -0.242. The number of terminal acetylenes is 1. The summed E-state index contributed by atoms with van der Waals surface area (Å²) in [6.07, 6.45) is 12.6. The van der Waals surface area contributed by atoms with Crippen molar-refractivity contribution in [1.29, 1.82) is 0 Å². The summed E-state index contributed by atoms with van der Waals surface area (Å²) >= 11 is 0. The summed E-state index contributed by atoms with van der Waals surface area (Å²) in [4.78, 5) is 18.6. The molecule has 5 fully saturated rings. The Morgan fingerprint density at radius 1 is 1.04 bits per heavy atom. The quantitative estimate of drug-likeness (QED) is 0.237. The first kappa shape index (κ1) is 36.3. The van der Waals surface area contributed by atoms with Gasteiger partial charge in [0.05, 0.1) is 52.3 Å². The normalized spacial score (nSPS) is 26.9. The number of anilines is 1. The summed E-state index contributed by atoms with van der Waals surface area (Å²) < 4.78 is 62.5. The molecule has 2 aliphatic carbocycles. The second kappa shape index (κ2) is 13.7. The lowest BCUT2D eigenvalue weighted by Gasteiger charge is -2.55. The van der Waals surface area contributed by atoms with Crippen LogP contribution in [0.4, 0.5) is 14.6 Å². The van der Waals surface area contributed by atoms with E-state index in [2.05, 4.69) is 15.8 Å². The van der Waals surface area contributed by atoms with Crippen molar-refractivity contribution >= 4 is 27.5 Å². The number of aromatic hydroxyl groups is 1. The molecule has 0 bridgehead atoms. The van der Waals surface area contributed by atoms with Gasteiger partial charge < -0.3 is 38.8 Å². The van der Waals surface area contributed by atoms with Crippen molar-refractivity contribution in [2.75, 3.05) is 64.7 Å². The van der Waals surface area contributed by atoms with Gasteiger partial charge in [-0.25, -0.2) is 13.8 Å². The Morgan fingerprint density at radius 2 is 1.84 bits per heavy atom. The monoisotopic (exact) mass is 757 g/mol. The Kier molecular flexibility index (Phi) is 9.01. The first-order valence-electron chi connectivity index (χ1n) is 19.1. The number of rotatable bonds is 7. The first-order valence-corrected chi connectivity index (χ1v) is 19.1. The number of phenols is 1. The van der Waals surface area contributed by atoms with Crippen LogP contribution in [0.15, 0.2) is 24.3 Å². The summed E-state index contributed by atoms with van der Waals surface area (Å²) in [6.45, 7) is 5.12. The van der Waals surface area contributed by atoms with Crippen LogP contribution in [0.3, 0.4) is 0 Å². The molecule has 2 saturated carbocycles. The summed E-state index contributed by atoms with van der Waals surface area (Å²) in [5.41, 5.74) is -1.83. The molecular formula is C41H45F2N5O7. The highest BCUT2D eigenvalue weighted by Gasteiger charge is 2.57. The van der Waals surface area contributed by atoms with Gasteiger partial charge in [-0.05, 0) is 62.7 Å². The lowest BCUT2D eigenvalue weighted by Crippen LogP contribution is -2.63. The van der Waals surface area contributed by atoms with E-state index in [1.165, 1.54) is 31.4 Å². The highest BCUT2D eigenvalue weighted by molar-refractivity contribution is 6.04. The van der Waals surface area contributed by atoms with Gasteiger partial charge in [-0.3, -0.25) is 4.90 Å². The molecule has 3 atom stereocenters. The molecule has 2 aromatic carbocycles. The molecule has 2 N–H and O–H groups in total. The molecule has 4 aromatic rings. The van der Waals surface area contributed by atoms with Gasteiger partial charge in [-0.2, -0.15) is 9.97 Å². The van der Waals surface area contributed by atoms with Crippen LogP contribution in [0, 0.1) is 29.4 Å². The maximum atomic E-state index is 17.3. The van der Waals surface area contributed by atoms with E-state index in [9.17, 15) is 10.2 Å². The average Bonchev–Trinajstić information content (AvgIpc) is 3.79. The number of hydrogen-bond acceptors (Lipinski definition) is 12. The van der Waals surface area contributed by atoms with Gasteiger partial charge in [0.2, 0.25) is 5.88 Å². The van der Waals surface area contributed by atoms with E-state index in [-0.39, 0.29) is 81.7 Å². The molecule has 290 valence electrons. The van der Waals surface area contributed by atoms with Crippen LogP contribution in [0.5, 0.6) is 17.6 Å². The highest BCUT2D eigenvalue weighted by Crippen LogP contribution is 2.53. The Morgan fingerprint density at radius 3 is 2.62 bits per heavy atom. The second-order valence-electron chi connectivity index (χ2n) is 16.0. The second-order valence-corrected chi connectivity index (χ2v) is 16.0. The van der Waals surface area contributed by atoms with E-state index in [4.69, 9.17) is 40.1 Å². The number of halogens is 2. The first-order chi connectivity index (χ1) is 26.5. The van der Waals surface area contributed by atoms with Crippen LogP contribution in [0.25, 0.3) is 32.9 Å². The summed E-state index contributed by atoms with van der Waals surface area (Å²) in [7, 11) is 1.40. The van der Waals surface area contributed by atoms with E-state index in [1.807, 2.05) is 0 Å². The summed E-state index contributed by atoms with van der Waals surface area (Å²) in [5, 5.41) is 22.7. The molecule has 55 heavy (non-hydrogen) atoms. The van der Waals surface area contributed by atoms with Gasteiger partial charge in [0.1, 0.15) is 39.6 Å². The van der Waals surface area contributed by atoms with E-state index in [1.54, 1.807) is 11.8 Å². The van der Waals surface area contributed by atoms with Gasteiger partial charge in [0, 0.05) is 47.8 Å². The zero-order chi connectivity index (χ0) is 38.1. The predicted molar refractivity (Wildman–Crippen MR) is 199 cm³/mol. The van der Waals surface area contributed by atoms with Crippen LogP contribution < -0.4 is 14.4 Å². The average molecular weight is 758 g/mol. The fraction of sp³-hybridized carbons (Fsp3) is 0.537. The molecular weight excluding hydrogens is 712 g/mol. The minimum absolute atomic E-state index is 0.0150. The molecule has 5 heterocycles. The van der Waals surface area contributed by atoms with Gasteiger partial charge in [-0.1, -0.05) is 18.4 Å². The van der Waals surface area contributed by atoms with Crippen molar-refractivity contribution in [3.05, 3.63) is 41.5 Å². The molecule has 2 aromatic heterocycles. The van der Waals surface area contributed by atoms with Gasteiger partial charge >= 0.3 is 6.01 Å². The number of likely N-dealkylation sites (tertiary alicyclic amines) is 1. The summed E-state index contributed by atoms with van der Waals surface area (Å²) in [6, 6.07) is 6.05. The van der Waals surface area contributed by atoms with Crippen LogP contribution in [0.2, 0.25) is 0 Å². The minimum atomic E-state index is -1.25. The number of methoxy groups -OCH3 is 1. The van der Waals surface area contributed by atoms with Crippen molar-refractivity contribution in [2.24, 2.45) is 5.41 Å². The third-order valence-electron chi connectivity index (χ3n) is 12.3. The molecule has 0 radical (unpaired) electrons. The Bertz CT molecular complexity index is 2200. The maximum absolute atomic E-state index is 17.3. The molecule has 3 aliphatic heterocycles. The van der Waals surface area contributed by atoms with Crippen molar-refractivity contribution in [2.45, 2.75) is 75.3 Å². The largest absolute Gasteiger partial charge is 0.508 e. The molecule has 14 heteroatoms. The molecule has 0 unspecified atom stereocenters. The molecule has 0 amide bonds. The van der Waals surface area contributed by atoms with Crippen molar-refractivity contribution in [1.82, 2.24) is 19.9 Å². The fourth-order valence-electron chi connectivity index (χ4n) is 9.87. The number of pyridine rings is 1. The van der Waals surface area contributed by atoms with E-state index in [0.717, 1.165) is 51.5 Å². The summed E-state index contributed by atoms with van der Waals surface area (Å²) in [5.74, 6) is 0.470. The van der Waals surface area contributed by atoms with Crippen LogP contribution in [-0.4, -0.2) is 113 Å². The topological polar surface area (TPSA) is 132 Å². The number of aliphatic hydroxyl groups is 1. The molecule has 1 spiro atoms. The third kappa shape index (κ3) is 6.21. The van der Waals surface area contributed by atoms with Gasteiger partial charge in [0.25, 0.3) is 0 Å². The van der Waals surface area contributed by atoms with Crippen LogP contribution in [-0.2, 0) is 14.2 Å². The lowest BCUT2D eigenvalue weighted by atomic mass is 9.72. The number of aromatic nitrogens is 3. The van der Waals surface area contributed by atoms with Crippen molar-refractivity contribution in [3.63, 3.8) is 0 Å². The molecule has 5 aliphatic rings. The number of phenolic OH excluding ortho intramolecular Hbond substituents is 1. The number of hydrogen-bond donors (Lipinski definition) is 2. The van der Waals surface area contributed by atoms with Gasteiger partial charge in [0.15, 0.2) is 11.6 Å². The van der Waals surface area contributed by atoms with E-state index < -0.39 is 23.0 Å². The zero-order valence-electron chi connectivity index (χ0n) is 31.1. The molecule has 12 nitrogen and oxygen atoms in total. The standard InChI is InChI=1S/C41H45F2N5O7/c1-4-27-29(42)9-8-24-17-26(49)18-28(31(24)27)34-33(43)35-32(37(44-34)51-3)36(47-13-14-52-22-39(2,50)21-47)46-38(45-35)53-23-40-10-5-7-30(40)48(12-6-11-40)25-19-41(20-25)54-15-16-55-41/h1,8-9,17-18,25,30,49-50H,5-7,10-16,19-23H2,2-3H3/t30-,39+,40-/m1/s1.